The van der Waals surface area contributed by atoms with Gasteiger partial charge in [-0.1, -0.05) is 13.8 Å². The molecule has 0 saturated carbocycles. The number of nitriles is 1. The lowest BCUT2D eigenvalue weighted by molar-refractivity contribution is -0.118. The lowest BCUT2D eigenvalue weighted by atomic mass is 9.92. The van der Waals surface area contributed by atoms with Crippen molar-refractivity contribution in [3.63, 3.8) is 0 Å². The van der Waals surface area contributed by atoms with Crippen LogP contribution in [0.3, 0.4) is 0 Å². The van der Waals surface area contributed by atoms with Gasteiger partial charge in [0.05, 0.1) is 24.8 Å². The van der Waals surface area contributed by atoms with Crippen molar-refractivity contribution in [2.45, 2.75) is 59.6 Å². The number of amides is 1. The van der Waals surface area contributed by atoms with E-state index in [1.807, 2.05) is 13.8 Å². The van der Waals surface area contributed by atoms with Crippen LogP contribution in [0.4, 0.5) is 5.82 Å². The van der Waals surface area contributed by atoms with Gasteiger partial charge < -0.3 is 14.6 Å². The molecule has 1 N–H and O–H groups in total. The minimum atomic E-state index is -0.0427. The molecule has 1 aromatic heterocycles. The van der Waals surface area contributed by atoms with Gasteiger partial charge in [0.15, 0.2) is 0 Å². The van der Waals surface area contributed by atoms with Crippen LogP contribution in [0.15, 0.2) is 0 Å². The molecule has 0 bridgehead atoms. The Balaban J connectivity index is 1.75. The molecule has 3 unspecified atom stereocenters. The maximum Gasteiger partial charge on any atom is 0.239 e. The Morgan fingerprint density at radius 2 is 2.00 bits per heavy atom. The molecule has 2 fully saturated rings. The Morgan fingerprint density at radius 1 is 1.30 bits per heavy atom. The van der Waals surface area contributed by atoms with Crippen molar-refractivity contribution in [2.75, 3.05) is 31.6 Å². The quantitative estimate of drug-likeness (QED) is 0.862. The molecule has 6 nitrogen and oxygen atoms in total. The molecule has 27 heavy (non-hydrogen) atoms. The number of rotatable bonds is 5. The molecule has 0 aliphatic carbocycles. The van der Waals surface area contributed by atoms with Crippen LogP contribution in [0, 0.1) is 37.0 Å². The maximum atomic E-state index is 12.8. The topological polar surface area (TPSA) is 70.3 Å². The molecule has 3 atom stereocenters. The van der Waals surface area contributed by atoms with Gasteiger partial charge in [-0.25, -0.2) is 0 Å². The van der Waals surface area contributed by atoms with Crippen molar-refractivity contribution in [1.29, 1.82) is 5.26 Å². The molecule has 3 rings (SSSR count). The lowest BCUT2D eigenvalue weighted by Gasteiger charge is -2.34. The van der Waals surface area contributed by atoms with Crippen LogP contribution in [-0.2, 0) is 16.1 Å². The zero-order valence-corrected chi connectivity index (χ0v) is 17.0. The number of carbonyl (C=O) groups excluding carboxylic acids is 1. The highest BCUT2D eigenvalue weighted by atomic mass is 16.5. The van der Waals surface area contributed by atoms with Crippen molar-refractivity contribution in [2.24, 2.45) is 11.8 Å². The first-order valence-electron chi connectivity index (χ1n) is 10.1. The third-order valence-electron chi connectivity index (χ3n) is 5.92. The summed E-state index contributed by atoms with van der Waals surface area (Å²) < 4.78 is 7.83. The maximum absolute atomic E-state index is 12.8. The number of hydrogen-bond acceptors (Lipinski definition) is 4. The molecular formula is C21H32N4O2. The fraction of sp³-hybridized carbons (Fsp3) is 0.714. The first-order chi connectivity index (χ1) is 12.9. The van der Waals surface area contributed by atoms with Gasteiger partial charge >= 0.3 is 0 Å². The molecular weight excluding hydrogens is 340 g/mol. The van der Waals surface area contributed by atoms with Crippen LogP contribution in [0.5, 0.6) is 0 Å². The van der Waals surface area contributed by atoms with Gasteiger partial charge in [-0.15, -0.1) is 0 Å². The SMILES string of the molecule is Cc1c(C#N)c(NC(=O)CN2CC(C)CC(C)C2)n(CC2CCCO2)c1C. The number of nitrogens with one attached hydrogen (secondary N) is 1. The van der Waals surface area contributed by atoms with Crippen molar-refractivity contribution in [1.82, 2.24) is 9.47 Å². The Morgan fingerprint density at radius 3 is 2.59 bits per heavy atom. The second kappa shape index (κ2) is 8.45. The number of carbonyl (C=O) groups is 1. The minimum absolute atomic E-state index is 0.0427. The average molecular weight is 373 g/mol. The monoisotopic (exact) mass is 372 g/mol. The van der Waals surface area contributed by atoms with E-state index in [4.69, 9.17) is 4.74 Å². The number of ether oxygens (including phenoxy) is 1. The van der Waals surface area contributed by atoms with Crippen molar-refractivity contribution in [3.8, 4) is 6.07 Å². The van der Waals surface area contributed by atoms with Gasteiger partial charge in [0.25, 0.3) is 0 Å². The zero-order chi connectivity index (χ0) is 19.6. The van der Waals surface area contributed by atoms with Crippen LogP contribution in [-0.4, -0.2) is 47.7 Å². The summed E-state index contributed by atoms with van der Waals surface area (Å²) in [5.74, 6) is 1.82. The van der Waals surface area contributed by atoms with Crippen LogP contribution in [0.2, 0.25) is 0 Å². The van der Waals surface area contributed by atoms with Gasteiger partial charge in [0.1, 0.15) is 11.9 Å². The van der Waals surface area contributed by atoms with E-state index in [9.17, 15) is 10.1 Å². The zero-order valence-electron chi connectivity index (χ0n) is 17.0. The molecule has 0 spiro atoms. The van der Waals surface area contributed by atoms with Crippen molar-refractivity contribution < 1.29 is 9.53 Å². The third kappa shape index (κ3) is 4.53. The fourth-order valence-corrected chi connectivity index (χ4v) is 4.65. The minimum Gasteiger partial charge on any atom is -0.376 e. The molecule has 148 valence electrons. The first-order valence-corrected chi connectivity index (χ1v) is 10.1. The number of aromatic nitrogens is 1. The summed E-state index contributed by atoms with van der Waals surface area (Å²) in [5, 5.41) is 12.7. The highest BCUT2D eigenvalue weighted by molar-refractivity contribution is 5.93. The number of piperidine rings is 1. The third-order valence-corrected chi connectivity index (χ3v) is 5.92. The van der Waals surface area contributed by atoms with Gasteiger partial charge in [0, 0.05) is 25.4 Å². The smallest absolute Gasteiger partial charge is 0.239 e. The summed E-state index contributed by atoms with van der Waals surface area (Å²) in [7, 11) is 0. The highest BCUT2D eigenvalue weighted by Crippen LogP contribution is 2.28. The van der Waals surface area contributed by atoms with Gasteiger partial charge in [-0.3, -0.25) is 9.69 Å². The summed E-state index contributed by atoms with van der Waals surface area (Å²) in [5.41, 5.74) is 2.53. The number of anilines is 1. The molecule has 1 amide bonds. The van der Waals surface area contributed by atoms with E-state index in [-0.39, 0.29) is 12.0 Å². The molecule has 0 aromatic carbocycles. The van der Waals surface area contributed by atoms with Crippen LogP contribution >= 0.6 is 0 Å². The second-order valence-corrected chi connectivity index (χ2v) is 8.48. The Labute approximate surface area is 162 Å². The summed E-state index contributed by atoms with van der Waals surface area (Å²) in [6, 6.07) is 2.28. The van der Waals surface area contributed by atoms with E-state index in [2.05, 4.69) is 34.7 Å². The van der Waals surface area contributed by atoms with Crippen molar-refractivity contribution >= 4 is 11.7 Å². The average Bonchev–Trinajstić information content (AvgIpc) is 3.17. The largest absolute Gasteiger partial charge is 0.376 e. The fourth-order valence-electron chi connectivity index (χ4n) is 4.65. The molecule has 3 heterocycles. The van der Waals surface area contributed by atoms with E-state index in [1.165, 1.54) is 6.42 Å². The molecule has 6 heteroatoms. The number of likely N-dealkylation sites (tertiary alicyclic amines) is 1. The summed E-state index contributed by atoms with van der Waals surface area (Å²) in [6.07, 6.45) is 3.47. The normalized spacial score (nSPS) is 26.1. The number of nitrogens with zero attached hydrogens (tertiary/aromatic N) is 3. The molecule has 0 radical (unpaired) electrons. The van der Waals surface area contributed by atoms with Crippen LogP contribution < -0.4 is 5.32 Å². The van der Waals surface area contributed by atoms with Crippen molar-refractivity contribution in [3.05, 3.63) is 16.8 Å². The van der Waals surface area contributed by atoms with E-state index < -0.39 is 0 Å². The van der Waals surface area contributed by atoms with Gasteiger partial charge in [0.2, 0.25) is 5.91 Å². The Kier molecular flexibility index (Phi) is 6.23. The van der Waals surface area contributed by atoms with E-state index in [0.717, 1.165) is 43.8 Å². The second-order valence-electron chi connectivity index (χ2n) is 8.48. The summed E-state index contributed by atoms with van der Waals surface area (Å²) >= 11 is 0. The van der Waals surface area contributed by atoms with Crippen LogP contribution in [0.25, 0.3) is 0 Å². The van der Waals surface area contributed by atoms with Gasteiger partial charge in [-0.05, 0) is 50.5 Å². The Bertz CT molecular complexity index is 718. The van der Waals surface area contributed by atoms with E-state index >= 15 is 0 Å². The summed E-state index contributed by atoms with van der Waals surface area (Å²) in [6.45, 7) is 12.2. The summed E-state index contributed by atoms with van der Waals surface area (Å²) in [4.78, 5) is 15.0. The molecule has 1 aromatic rings. The predicted octanol–water partition coefficient (Wildman–Crippen LogP) is 3.07. The number of hydrogen-bond donors (Lipinski definition) is 1. The molecule has 2 aliphatic heterocycles. The predicted molar refractivity (Wildman–Crippen MR) is 106 cm³/mol. The standard InChI is InChI=1S/C21H32N4O2/c1-14-8-15(2)11-24(10-14)13-20(26)23-21-19(9-22)16(3)17(4)25(21)12-18-6-5-7-27-18/h14-15,18H,5-8,10-13H2,1-4H3,(H,23,26). The van der Waals surface area contributed by atoms with Crippen LogP contribution in [0.1, 0.15) is 49.9 Å². The molecule has 2 saturated heterocycles. The highest BCUT2D eigenvalue weighted by Gasteiger charge is 2.26. The first kappa shape index (κ1) is 19.9. The van der Waals surface area contributed by atoms with Gasteiger partial charge in [-0.2, -0.15) is 5.26 Å². The Hall–Kier alpha value is -1.84. The lowest BCUT2D eigenvalue weighted by Crippen LogP contribution is -2.43. The van der Waals surface area contributed by atoms with E-state index in [1.54, 1.807) is 0 Å². The molecule has 2 aliphatic rings. The van der Waals surface area contributed by atoms with E-state index in [0.29, 0.717) is 36.3 Å².